The second kappa shape index (κ2) is 26.1. The van der Waals surface area contributed by atoms with Gasteiger partial charge in [0.1, 0.15) is 0 Å². The van der Waals surface area contributed by atoms with Gasteiger partial charge >= 0.3 is 0 Å². The average molecular weight is 1180 g/mol. The molecule has 0 fully saturated rings. The first-order valence-corrected chi connectivity index (χ1v) is 31.4. The van der Waals surface area contributed by atoms with Crippen LogP contribution in [-0.2, 0) is 38.6 Å². The van der Waals surface area contributed by atoms with E-state index in [2.05, 4.69) is 277 Å². The van der Waals surface area contributed by atoms with Gasteiger partial charge in [-0.3, -0.25) is 29.9 Å². The molecule has 0 saturated heterocycles. The highest BCUT2D eigenvalue weighted by molar-refractivity contribution is 6.08. The summed E-state index contributed by atoms with van der Waals surface area (Å²) in [4.78, 5) is 25.5. The van der Waals surface area contributed by atoms with Crippen molar-refractivity contribution in [1.29, 1.82) is 0 Å². The van der Waals surface area contributed by atoms with Gasteiger partial charge in [0.2, 0.25) is 0 Å². The molecule has 0 spiro atoms. The van der Waals surface area contributed by atoms with E-state index in [9.17, 15) is 0 Å². The minimum atomic E-state index is 0.800. The molecule has 438 valence electrons. The van der Waals surface area contributed by atoms with Crippen LogP contribution in [0.5, 0.6) is 0 Å². The van der Waals surface area contributed by atoms with Crippen LogP contribution in [0, 0.1) is 0 Å². The van der Waals surface area contributed by atoms with Crippen molar-refractivity contribution in [3.05, 3.63) is 329 Å². The minimum Gasteiger partial charge on any atom is -0.288 e. The van der Waals surface area contributed by atoms with Crippen LogP contribution in [0.15, 0.2) is 278 Å². The molecule has 0 unspecified atom stereocenters. The van der Waals surface area contributed by atoms with Crippen molar-refractivity contribution in [3.63, 3.8) is 0 Å². The summed E-state index contributed by atoms with van der Waals surface area (Å²) in [5.74, 6) is 0. The third-order valence-electron chi connectivity index (χ3n) is 17.6. The van der Waals surface area contributed by atoms with E-state index in [1.54, 1.807) is 0 Å². The fourth-order valence-electron chi connectivity index (χ4n) is 13.4. The highest BCUT2D eigenvalue weighted by atomic mass is 15.1. The molecule has 0 amide bonds. The zero-order valence-electron chi connectivity index (χ0n) is 50.7. The lowest BCUT2D eigenvalue weighted by molar-refractivity contribution is 1.03. The van der Waals surface area contributed by atoms with Gasteiger partial charge in [-0.1, -0.05) is 225 Å². The van der Waals surface area contributed by atoms with E-state index in [0.29, 0.717) is 0 Å². The number of benzene rings is 10. The molecule has 21 rings (SSSR count). The Kier molecular flexibility index (Phi) is 16.1. The molecule has 0 radical (unpaired) electrons. The van der Waals surface area contributed by atoms with Crippen LogP contribution in [0.3, 0.4) is 0 Å². The van der Waals surface area contributed by atoms with Crippen LogP contribution in [0.4, 0.5) is 5.69 Å². The summed E-state index contributed by atoms with van der Waals surface area (Å²) in [5.41, 5.74) is 15.1. The topological polar surface area (TPSA) is 102 Å². The highest BCUT2D eigenvalue weighted by Gasteiger charge is 2.13. The molecule has 7 heterocycles. The van der Waals surface area contributed by atoms with Crippen molar-refractivity contribution in [3.8, 4) is 0 Å². The zero-order valence-corrected chi connectivity index (χ0v) is 50.7. The maximum atomic E-state index is 4.35. The van der Waals surface area contributed by atoms with E-state index >= 15 is 0 Å². The standard InChI is InChI=1S/C14H10.C13H10.2C12H9N.3C11H8N2/c1-3-7-13-11(5-1)9-10-12-6-2-4-8-14(12)13;1-4-10-6-2-8-12-9-3-7-11(5-1)13(10)12;1-3-9-4-2-6-11-8-13-7-10(5-1)12(9)11;1-3-9-5-2-6-11-12(9)10(4-1)7-8-13-11;1-3-8-4-2-6-10-11(8)9(5-1)7-12-13-10;1-2-8-4-12-6-10-7-13-5-9(3-1)11(8)10;1-2-8-4-5-13-10-7-12-6-9(3-1)11(8)10/h1-10H;1-8H,9H2;1-3,5-8H,4H2;1-4,6-8H,5H2;1-3,5-7H,4H2;1-4,6-7H,5H2;1-3,5-7H,4H2. The normalized spacial score (nSPS) is 13.1. The van der Waals surface area contributed by atoms with Crippen LogP contribution < -0.4 is 0 Å². The predicted octanol–water partition coefficient (Wildman–Crippen LogP) is 19.9. The number of rotatable bonds is 0. The van der Waals surface area contributed by atoms with Crippen molar-refractivity contribution in [2.75, 3.05) is 0 Å². The van der Waals surface area contributed by atoms with Gasteiger partial charge in [-0.15, -0.1) is 0 Å². The Morgan fingerprint density at radius 3 is 1.40 bits per heavy atom. The van der Waals surface area contributed by atoms with E-state index in [4.69, 9.17) is 0 Å². The second-order valence-corrected chi connectivity index (χ2v) is 23.3. The number of hydrogen-bond acceptors (Lipinski definition) is 8. The van der Waals surface area contributed by atoms with Gasteiger partial charge in [0.15, 0.2) is 0 Å². The molecule has 92 heavy (non-hydrogen) atoms. The molecule has 8 heteroatoms. The number of nitrogens with zero attached hydrogens (tertiary/aromatic N) is 8. The molecule has 5 aromatic heterocycles. The average Bonchev–Trinajstić information content (AvgIpc) is 2.04. The van der Waals surface area contributed by atoms with Gasteiger partial charge in [0, 0.05) is 105 Å². The van der Waals surface area contributed by atoms with Crippen molar-refractivity contribution in [2.45, 2.75) is 38.6 Å². The van der Waals surface area contributed by atoms with Crippen LogP contribution in [-0.4, -0.2) is 42.6 Å². The molecule has 0 N–H and O–H groups in total. The molecule has 0 atom stereocenters. The van der Waals surface area contributed by atoms with Gasteiger partial charge < -0.3 is 0 Å². The molecule has 6 aliphatic rings. The van der Waals surface area contributed by atoms with E-state index in [1.807, 2.05) is 68.1 Å². The lowest BCUT2D eigenvalue weighted by Gasteiger charge is -2.11. The summed E-state index contributed by atoms with van der Waals surface area (Å²) in [6.07, 6.45) is 41.3. The largest absolute Gasteiger partial charge is 0.288 e. The van der Waals surface area contributed by atoms with Crippen molar-refractivity contribution >= 4 is 129 Å². The van der Waals surface area contributed by atoms with Crippen LogP contribution >= 0.6 is 0 Å². The first kappa shape index (κ1) is 56.7. The third-order valence-corrected chi connectivity index (χ3v) is 17.6. The summed E-state index contributed by atoms with van der Waals surface area (Å²) in [6, 6.07) is 68.2. The number of pyridine rings is 4. The van der Waals surface area contributed by atoms with Gasteiger partial charge in [0.25, 0.3) is 0 Å². The smallest absolute Gasteiger partial charge is 0.0935 e. The Hall–Kier alpha value is -11.7. The van der Waals surface area contributed by atoms with Crippen LogP contribution in [0.1, 0.15) is 61.5 Å². The molecule has 10 aromatic carbocycles. The number of aliphatic imine (C=N–C) groups is 2. The summed E-state index contributed by atoms with van der Waals surface area (Å²) in [7, 11) is 0. The number of fused-ring (bicyclic) bond motifs is 3. The Morgan fingerprint density at radius 1 is 0.293 bits per heavy atom. The molecule has 2 aliphatic heterocycles. The molecular formula is C84H62N8. The van der Waals surface area contributed by atoms with Gasteiger partial charge in [-0.2, -0.15) is 10.2 Å². The number of aromatic nitrogens is 6. The van der Waals surface area contributed by atoms with Crippen LogP contribution in [0.2, 0.25) is 0 Å². The van der Waals surface area contributed by atoms with E-state index < -0.39 is 0 Å². The fraction of sp³-hybridized carbons (Fsp3) is 0.0714. The summed E-state index contributed by atoms with van der Waals surface area (Å²) in [5, 5.41) is 28.8. The zero-order chi connectivity index (χ0) is 61.4. The molecule has 15 aromatic rings. The molecule has 0 saturated carbocycles. The highest BCUT2D eigenvalue weighted by Crippen LogP contribution is 2.33. The maximum Gasteiger partial charge on any atom is 0.0935 e. The van der Waals surface area contributed by atoms with E-state index in [-0.39, 0.29) is 0 Å². The third kappa shape index (κ3) is 11.8. The van der Waals surface area contributed by atoms with Crippen molar-refractivity contribution in [2.24, 2.45) is 9.98 Å². The lowest BCUT2D eigenvalue weighted by atomic mass is 9.93. The first-order valence-electron chi connectivity index (χ1n) is 31.4. The van der Waals surface area contributed by atoms with E-state index in [0.717, 1.165) is 61.3 Å². The monoisotopic (exact) mass is 1180 g/mol. The Bertz CT molecular complexity index is 4680. The van der Waals surface area contributed by atoms with E-state index in [1.165, 1.54) is 131 Å². The number of allylic oxidation sites excluding steroid dienone is 4. The summed E-state index contributed by atoms with van der Waals surface area (Å²) >= 11 is 0. The Morgan fingerprint density at radius 2 is 0.750 bits per heavy atom. The molecule has 0 bridgehead atoms. The molecule has 4 aliphatic carbocycles. The quantitative estimate of drug-likeness (QED) is 0.140. The summed E-state index contributed by atoms with van der Waals surface area (Å²) < 4.78 is 0. The van der Waals surface area contributed by atoms with Gasteiger partial charge in [-0.05, 0) is 131 Å². The minimum absolute atomic E-state index is 0.800. The van der Waals surface area contributed by atoms with Gasteiger partial charge in [0.05, 0.1) is 36.0 Å². The Labute approximate surface area is 533 Å². The van der Waals surface area contributed by atoms with Crippen LogP contribution in [0.25, 0.3) is 110 Å². The summed E-state index contributed by atoms with van der Waals surface area (Å²) in [6.45, 7) is 0.800. The lowest BCUT2D eigenvalue weighted by Crippen LogP contribution is -1.97. The SMILES string of the molecule is C1=Cc2cccc3cccc(c23)C1.C1=Cc2cncc3cccc(c23)C1.C1=Cc2nccc3cccc(c23)C1.C1=Cc2nncc3cccc(c23)C1.C1=NCc2cccc3cncc1c23.C1=Nc2cncc3cccc(c23)C1.c1ccc2c(c1)ccc1ccccc12. The van der Waals surface area contributed by atoms with Crippen molar-refractivity contribution < 1.29 is 0 Å². The maximum absolute atomic E-state index is 4.35. The predicted molar refractivity (Wildman–Crippen MR) is 386 cm³/mol. The van der Waals surface area contributed by atoms with Crippen molar-refractivity contribution in [1.82, 2.24) is 30.1 Å². The number of hydrogen-bond donors (Lipinski definition) is 0. The fourth-order valence-corrected chi connectivity index (χ4v) is 13.4. The van der Waals surface area contributed by atoms with Gasteiger partial charge in [-0.25, -0.2) is 0 Å². The molecule has 8 nitrogen and oxygen atoms in total. The first-order chi connectivity index (χ1) is 45.6. The Balaban J connectivity index is 0.0000000891. The molecular weight excluding hydrogens is 1120 g/mol. The second-order valence-electron chi connectivity index (χ2n) is 23.3.